The van der Waals surface area contributed by atoms with Crippen LogP contribution >= 0.6 is 11.3 Å². The van der Waals surface area contributed by atoms with Gasteiger partial charge in [-0.25, -0.2) is 19.7 Å². The van der Waals surface area contributed by atoms with Crippen LogP contribution < -0.4 is 10.1 Å². The molecule has 1 fully saturated rings. The molecule has 2 amide bonds. The summed E-state index contributed by atoms with van der Waals surface area (Å²) in [6.07, 6.45) is -0.464. The van der Waals surface area contributed by atoms with Crippen molar-refractivity contribution in [2.24, 2.45) is 0 Å². The molecular weight excluding hydrogens is 511 g/mol. The zero-order valence-corrected chi connectivity index (χ0v) is 20.8. The minimum atomic E-state index is -4.66. The smallest absolute Gasteiger partial charge is 0.451 e. The topological polar surface area (TPSA) is 118 Å². The van der Waals surface area contributed by atoms with Gasteiger partial charge in [-0.1, -0.05) is 0 Å². The summed E-state index contributed by atoms with van der Waals surface area (Å²) in [7, 11) is 0. The number of hydrogen-bond donors (Lipinski definition) is 2. The average Bonchev–Trinajstić information content (AvgIpc) is 3.51. The van der Waals surface area contributed by atoms with Gasteiger partial charge in [0.15, 0.2) is 0 Å². The van der Waals surface area contributed by atoms with Crippen molar-refractivity contribution in [2.45, 2.75) is 44.9 Å². The first-order chi connectivity index (χ1) is 17.5. The van der Waals surface area contributed by atoms with Crippen molar-refractivity contribution in [1.82, 2.24) is 25.2 Å². The number of nitrogens with zero attached hydrogens (tertiary/aromatic N) is 4. The normalized spacial score (nSPS) is 16.5. The minimum Gasteiger partial charge on any atom is -0.491 e. The quantitative estimate of drug-likeness (QED) is 0.440. The van der Waals surface area contributed by atoms with E-state index >= 15 is 0 Å². The van der Waals surface area contributed by atoms with Crippen LogP contribution in [0.3, 0.4) is 0 Å². The lowest BCUT2D eigenvalue weighted by Gasteiger charge is -2.22. The van der Waals surface area contributed by atoms with Gasteiger partial charge in [-0.2, -0.15) is 13.2 Å². The van der Waals surface area contributed by atoms with E-state index in [1.165, 1.54) is 22.3 Å². The Hall–Kier alpha value is -3.74. The number of carbonyl (C=O) groups excluding carboxylic acids is 1. The highest BCUT2D eigenvalue weighted by atomic mass is 32.1. The van der Waals surface area contributed by atoms with Crippen molar-refractivity contribution < 1.29 is 32.6 Å². The number of aromatic nitrogens is 3. The summed E-state index contributed by atoms with van der Waals surface area (Å²) in [5, 5.41) is 12.8. The first-order valence-electron chi connectivity index (χ1n) is 11.4. The number of likely N-dealkylation sites (tertiary alicyclic amines) is 1. The molecule has 2 atom stereocenters. The van der Waals surface area contributed by atoms with Crippen LogP contribution in [0.5, 0.6) is 5.75 Å². The highest BCUT2D eigenvalue weighted by Crippen LogP contribution is 2.31. The fraction of sp³-hybridized carbons (Fsp3) is 0.375. The van der Waals surface area contributed by atoms with Crippen molar-refractivity contribution in [3.8, 4) is 16.3 Å². The van der Waals surface area contributed by atoms with Crippen LogP contribution in [-0.4, -0.2) is 56.2 Å². The Labute approximate surface area is 214 Å². The number of hydrogen-bond acceptors (Lipinski definition) is 7. The third-order valence-electron chi connectivity index (χ3n) is 5.88. The molecule has 0 spiro atoms. The molecule has 196 valence electrons. The number of ether oxygens (including phenoxy) is 1. The number of halogens is 3. The fourth-order valence-electron chi connectivity index (χ4n) is 3.95. The number of rotatable bonds is 7. The molecule has 37 heavy (non-hydrogen) atoms. The number of amides is 2. The SMILES string of the molecule is Cc1cnc(-c2cc(OC[C@H]3CCCN3C(=O)O)cc(C(=O)N[C@H](C)c3cnc(C(F)(F)F)nc3)c2)s1. The predicted octanol–water partition coefficient (Wildman–Crippen LogP) is 4.94. The van der Waals surface area contributed by atoms with Gasteiger partial charge in [0.25, 0.3) is 5.91 Å². The van der Waals surface area contributed by atoms with Gasteiger partial charge in [0.1, 0.15) is 17.4 Å². The van der Waals surface area contributed by atoms with E-state index in [1.54, 1.807) is 25.3 Å². The molecule has 1 aromatic carbocycles. The van der Waals surface area contributed by atoms with Crippen LogP contribution in [0.1, 0.15) is 52.4 Å². The van der Waals surface area contributed by atoms with E-state index in [4.69, 9.17) is 4.74 Å². The van der Waals surface area contributed by atoms with Crippen molar-refractivity contribution in [3.63, 3.8) is 0 Å². The maximum absolute atomic E-state index is 13.1. The maximum atomic E-state index is 13.1. The van der Waals surface area contributed by atoms with Crippen LogP contribution in [0.15, 0.2) is 36.8 Å². The van der Waals surface area contributed by atoms with E-state index in [9.17, 15) is 27.9 Å². The number of carbonyl (C=O) groups is 2. The molecule has 13 heteroatoms. The van der Waals surface area contributed by atoms with Gasteiger partial charge in [0.2, 0.25) is 5.82 Å². The summed E-state index contributed by atoms with van der Waals surface area (Å²) < 4.78 is 44.2. The summed E-state index contributed by atoms with van der Waals surface area (Å²) in [5.74, 6) is -1.37. The zero-order chi connectivity index (χ0) is 26.7. The lowest BCUT2D eigenvalue weighted by Crippen LogP contribution is -2.38. The van der Waals surface area contributed by atoms with Gasteiger partial charge in [0.05, 0.1) is 12.1 Å². The molecule has 1 aliphatic rings. The van der Waals surface area contributed by atoms with Crippen molar-refractivity contribution in [1.29, 1.82) is 0 Å². The summed E-state index contributed by atoms with van der Waals surface area (Å²) in [6, 6.07) is 3.96. The number of aryl methyl sites for hydroxylation is 1. The van der Waals surface area contributed by atoms with Crippen LogP contribution in [-0.2, 0) is 6.18 Å². The van der Waals surface area contributed by atoms with Crippen molar-refractivity contribution >= 4 is 23.3 Å². The van der Waals surface area contributed by atoms with E-state index in [-0.39, 0.29) is 18.2 Å². The Morgan fingerprint density at radius 3 is 2.57 bits per heavy atom. The van der Waals surface area contributed by atoms with Crippen LogP contribution in [0.2, 0.25) is 0 Å². The molecule has 9 nitrogen and oxygen atoms in total. The Morgan fingerprint density at radius 2 is 1.95 bits per heavy atom. The van der Waals surface area contributed by atoms with Gasteiger partial charge in [0, 0.05) is 46.7 Å². The molecular formula is C24H24F3N5O4S. The Morgan fingerprint density at radius 1 is 1.22 bits per heavy atom. The van der Waals surface area contributed by atoms with Gasteiger partial charge in [-0.15, -0.1) is 11.3 Å². The van der Waals surface area contributed by atoms with E-state index in [2.05, 4.69) is 20.3 Å². The maximum Gasteiger partial charge on any atom is 0.451 e. The molecule has 4 rings (SSSR count). The number of carboxylic acid groups (broad SMARTS) is 1. The number of thiazole rings is 1. The fourth-order valence-corrected chi connectivity index (χ4v) is 4.70. The zero-order valence-electron chi connectivity index (χ0n) is 20.0. The van der Waals surface area contributed by atoms with Crippen LogP contribution in [0.25, 0.3) is 10.6 Å². The van der Waals surface area contributed by atoms with Gasteiger partial charge in [-0.05, 0) is 44.9 Å². The first kappa shape index (κ1) is 26.3. The summed E-state index contributed by atoms with van der Waals surface area (Å²) in [4.78, 5) is 37.9. The molecule has 2 aromatic heterocycles. The minimum absolute atomic E-state index is 0.132. The Bertz CT molecular complexity index is 1280. The lowest BCUT2D eigenvalue weighted by atomic mass is 10.1. The highest BCUT2D eigenvalue weighted by molar-refractivity contribution is 7.14. The predicted molar refractivity (Wildman–Crippen MR) is 128 cm³/mol. The second-order valence-corrected chi connectivity index (χ2v) is 9.87. The van der Waals surface area contributed by atoms with Gasteiger partial charge >= 0.3 is 12.3 Å². The number of benzene rings is 1. The van der Waals surface area contributed by atoms with E-state index < -0.39 is 30.0 Å². The van der Waals surface area contributed by atoms with Gasteiger partial charge in [-0.3, -0.25) is 4.79 Å². The Kier molecular flexibility index (Phi) is 7.62. The van der Waals surface area contributed by atoms with E-state index in [0.717, 1.165) is 23.7 Å². The summed E-state index contributed by atoms with van der Waals surface area (Å²) in [5.41, 5.74) is 1.20. The monoisotopic (exact) mass is 535 g/mol. The molecule has 1 aliphatic heterocycles. The molecule has 2 N–H and O–H groups in total. The summed E-state index contributed by atoms with van der Waals surface area (Å²) >= 11 is 1.44. The van der Waals surface area contributed by atoms with E-state index in [1.807, 2.05) is 6.92 Å². The molecule has 0 saturated carbocycles. The standard InChI is InChI=1S/C24H24F3N5O4S/c1-13-9-28-21(37-13)16-6-15(7-19(8-16)36-12-18-4-3-5-32(18)23(34)35)20(33)31-14(2)17-10-29-22(30-11-17)24(25,26)27/h6-11,14,18H,3-5,12H2,1-2H3,(H,31,33)(H,34,35)/t14-,18-/m1/s1. The van der Waals surface area contributed by atoms with Gasteiger partial charge < -0.3 is 20.1 Å². The van der Waals surface area contributed by atoms with E-state index in [0.29, 0.717) is 34.8 Å². The number of nitrogens with one attached hydrogen (secondary N) is 1. The molecule has 0 unspecified atom stereocenters. The number of alkyl halides is 3. The molecule has 0 radical (unpaired) electrons. The third kappa shape index (κ3) is 6.34. The molecule has 3 aromatic rings. The Balaban J connectivity index is 1.54. The molecule has 1 saturated heterocycles. The molecule has 0 bridgehead atoms. The average molecular weight is 536 g/mol. The highest BCUT2D eigenvalue weighted by Gasteiger charge is 2.34. The largest absolute Gasteiger partial charge is 0.491 e. The third-order valence-corrected chi connectivity index (χ3v) is 6.84. The second-order valence-electron chi connectivity index (χ2n) is 8.64. The molecule has 0 aliphatic carbocycles. The van der Waals surface area contributed by atoms with Crippen LogP contribution in [0, 0.1) is 6.92 Å². The first-order valence-corrected chi connectivity index (χ1v) is 12.2. The lowest BCUT2D eigenvalue weighted by molar-refractivity contribution is -0.145. The van der Waals surface area contributed by atoms with Crippen molar-refractivity contribution in [2.75, 3.05) is 13.2 Å². The molecule has 3 heterocycles. The summed E-state index contributed by atoms with van der Waals surface area (Å²) in [6.45, 7) is 4.09. The van der Waals surface area contributed by atoms with Crippen LogP contribution in [0.4, 0.5) is 18.0 Å². The second kappa shape index (κ2) is 10.7. The van der Waals surface area contributed by atoms with Crippen molar-refractivity contribution in [3.05, 3.63) is 58.6 Å².